The third kappa shape index (κ3) is 3.92. The summed E-state index contributed by atoms with van der Waals surface area (Å²) in [7, 11) is 1.49. The van der Waals surface area contributed by atoms with Gasteiger partial charge in [0.15, 0.2) is 5.69 Å². The van der Waals surface area contributed by atoms with Gasteiger partial charge in [0.1, 0.15) is 5.82 Å². The second-order valence-corrected chi connectivity index (χ2v) is 7.20. The molecular formula is C19H19ClF2N6O2. The Kier molecular flexibility index (Phi) is 5.78. The van der Waals surface area contributed by atoms with Gasteiger partial charge in [0.25, 0.3) is 5.91 Å². The van der Waals surface area contributed by atoms with E-state index in [1.54, 1.807) is 24.3 Å². The quantitative estimate of drug-likeness (QED) is 0.612. The molecule has 3 aromatic rings. The number of ether oxygens (including phenoxy) is 1. The summed E-state index contributed by atoms with van der Waals surface area (Å²) in [6.45, 7) is -0.637. The van der Waals surface area contributed by atoms with Crippen molar-refractivity contribution in [3.05, 3.63) is 47.0 Å². The zero-order valence-corrected chi connectivity index (χ0v) is 16.9. The van der Waals surface area contributed by atoms with Crippen molar-refractivity contribution in [1.82, 2.24) is 24.4 Å². The van der Waals surface area contributed by atoms with Gasteiger partial charge in [-0.1, -0.05) is 23.7 Å². The molecule has 0 atom stereocenters. The number of alkyl halides is 2. The van der Waals surface area contributed by atoms with E-state index in [0.717, 1.165) is 4.57 Å². The van der Waals surface area contributed by atoms with Crippen LogP contribution >= 0.6 is 11.6 Å². The highest BCUT2D eigenvalue weighted by Gasteiger charge is 2.24. The number of amides is 1. The lowest BCUT2D eigenvalue weighted by molar-refractivity contribution is 0.0644. The van der Waals surface area contributed by atoms with Gasteiger partial charge in [0.2, 0.25) is 5.95 Å². The summed E-state index contributed by atoms with van der Waals surface area (Å²) < 4.78 is 33.4. The maximum atomic E-state index is 13.7. The molecule has 1 amide bonds. The third-order valence-electron chi connectivity index (χ3n) is 4.82. The standard InChI is InChI=1S/C19H19ClF2N6O2/c1-26(11-15-24-13-4-2-3-5-14(13)28(15)18(21)22)17(29)16-12(20)10-23-19(25-16)27-6-8-30-9-7-27/h2-5,10,18H,6-9,11H2,1H3. The van der Waals surface area contributed by atoms with Gasteiger partial charge >= 0.3 is 6.55 Å². The molecule has 1 aromatic carbocycles. The van der Waals surface area contributed by atoms with E-state index >= 15 is 0 Å². The van der Waals surface area contributed by atoms with Crippen LogP contribution in [0.25, 0.3) is 11.0 Å². The average Bonchev–Trinajstić information content (AvgIpc) is 3.12. The lowest BCUT2D eigenvalue weighted by Gasteiger charge is -2.27. The number of anilines is 1. The van der Waals surface area contributed by atoms with Gasteiger partial charge in [0, 0.05) is 20.1 Å². The molecule has 2 aromatic heterocycles. The van der Waals surface area contributed by atoms with E-state index in [9.17, 15) is 13.6 Å². The number of benzene rings is 1. The predicted octanol–water partition coefficient (Wildman–Crippen LogP) is 2.98. The molecule has 158 valence electrons. The van der Waals surface area contributed by atoms with Crippen LogP contribution < -0.4 is 4.90 Å². The first-order valence-corrected chi connectivity index (χ1v) is 9.68. The molecule has 0 spiro atoms. The van der Waals surface area contributed by atoms with Gasteiger partial charge in [0.05, 0.1) is 42.0 Å². The smallest absolute Gasteiger partial charge is 0.320 e. The lowest BCUT2D eigenvalue weighted by atomic mass is 10.3. The zero-order chi connectivity index (χ0) is 21.3. The largest absolute Gasteiger partial charge is 0.378 e. The van der Waals surface area contributed by atoms with Crippen molar-refractivity contribution >= 4 is 34.5 Å². The van der Waals surface area contributed by atoms with Gasteiger partial charge in [-0.15, -0.1) is 0 Å². The maximum Gasteiger partial charge on any atom is 0.320 e. The van der Waals surface area contributed by atoms with E-state index in [1.165, 1.54) is 18.1 Å². The topological polar surface area (TPSA) is 76.4 Å². The number of hydrogen-bond acceptors (Lipinski definition) is 6. The number of halogens is 3. The highest BCUT2D eigenvalue weighted by atomic mass is 35.5. The Balaban J connectivity index is 1.60. The zero-order valence-electron chi connectivity index (χ0n) is 16.1. The number of hydrogen-bond donors (Lipinski definition) is 0. The number of para-hydroxylation sites is 2. The van der Waals surface area contributed by atoms with Crippen LogP contribution in [0.5, 0.6) is 0 Å². The van der Waals surface area contributed by atoms with Gasteiger partial charge in [-0.25, -0.2) is 15.0 Å². The molecule has 8 nitrogen and oxygen atoms in total. The van der Waals surface area contributed by atoms with Crippen molar-refractivity contribution in [2.75, 3.05) is 38.3 Å². The van der Waals surface area contributed by atoms with E-state index in [4.69, 9.17) is 16.3 Å². The highest BCUT2D eigenvalue weighted by molar-refractivity contribution is 6.33. The molecule has 0 unspecified atom stereocenters. The minimum absolute atomic E-state index is 0.00960. The summed E-state index contributed by atoms with van der Waals surface area (Å²) in [6, 6.07) is 6.60. The molecule has 0 bridgehead atoms. The first-order chi connectivity index (χ1) is 14.5. The summed E-state index contributed by atoms with van der Waals surface area (Å²) in [4.78, 5) is 28.9. The summed E-state index contributed by atoms with van der Waals surface area (Å²) in [5.74, 6) is -0.0651. The lowest BCUT2D eigenvalue weighted by Crippen LogP contribution is -2.38. The molecule has 0 aliphatic carbocycles. The van der Waals surface area contributed by atoms with Crippen LogP contribution in [0.2, 0.25) is 5.02 Å². The Hall–Kier alpha value is -2.85. The molecule has 4 rings (SSSR count). The van der Waals surface area contributed by atoms with E-state index in [0.29, 0.717) is 43.3 Å². The van der Waals surface area contributed by atoms with E-state index in [2.05, 4.69) is 15.0 Å². The van der Waals surface area contributed by atoms with Crippen LogP contribution in [-0.2, 0) is 11.3 Å². The number of aromatic nitrogens is 4. The number of imidazole rings is 1. The Bertz CT molecular complexity index is 1070. The van der Waals surface area contributed by atoms with Crippen molar-refractivity contribution in [2.45, 2.75) is 13.1 Å². The van der Waals surface area contributed by atoms with Gasteiger partial charge in [-0.2, -0.15) is 8.78 Å². The molecular weight excluding hydrogens is 418 g/mol. The number of carbonyl (C=O) groups excluding carboxylic acids is 1. The number of nitrogens with zero attached hydrogens (tertiary/aromatic N) is 6. The summed E-state index contributed by atoms with van der Waals surface area (Å²) >= 11 is 6.17. The monoisotopic (exact) mass is 436 g/mol. The summed E-state index contributed by atoms with van der Waals surface area (Å²) in [5.41, 5.74) is 0.747. The third-order valence-corrected chi connectivity index (χ3v) is 5.09. The van der Waals surface area contributed by atoms with E-state index in [-0.39, 0.29) is 23.1 Å². The van der Waals surface area contributed by atoms with Crippen molar-refractivity contribution in [3.8, 4) is 0 Å². The number of fused-ring (bicyclic) bond motifs is 1. The molecule has 1 fully saturated rings. The second-order valence-electron chi connectivity index (χ2n) is 6.79. The molecule has 1 aliphatic rings. The number of morpholine rings is 1. The van der Waals surface area contributed by atoms with Crippen LogP contribution in [0.1, 0.15) is 22.9 Å². The van der Waals surface area contributed by atoms with Gasteiger partial charge in [-0.05, 0) is 12.1 Å². The molecule has 0 N–H and O–H groups in total. The first-order valence-electron chi connectivity index (χ1n) is 9.30. The molecule has 1 aliphatic heterocycles. The van der Waals surface area contributed by atoms with Crippen LogP contribution in [-0.4, -0.2) is 63.7 Å². The fourth-order valence-corrected chi connectivity index (χ4v) is 3.48. The molecule has 0 saturated carbocycles. The minimum Gasteiger partial charge on any atom is -0.378 e. The molecule has 30 heavy (non-hydrogen) atoms. The Morgan fingerprint density at radius 1 is 1.27 bits per heavy atom. The molecule has 3 heterocycles. The highest BCUT2D eigenvalue weighted by Crippen LogP contribution is 2.25. The van der Waals surface area contributed by atoms with E-state index in [1.807, 2.05) is 4.90 Å². The van der Waals surface area contributed by atoms with Crippen molar-refractivity contribution in [3.63, 3.8) is 0 Å². The summed E-state index contributed by atoms with van der Waals surface area (Å²) in [6.07, 6.45) is 1.37. The fourth-order valence-electron chi connectivity index (χ4n) is 3.31. The van der Waals surface area contributed by atoms with Gasteiger partial charge < -0.3 is 14.5 Å². The first kappa shape index (κ1) is 20.4. The maximum absolute atomic E-state index is 13.7. The van der Waals surface area contributed by atoms with Crippen LogP contribution in [0.4, 0.5) is 14.7 Å². The van der Waals surface area contributed by atoms with Crippen LogP contribution in [0, 0.1) is 0 Å². The van der Waals surface area contributed by atoms with Gasteiger partial charge in [-0.3, -0.25) is 9.36 Å². The average molecular weight is 437 g/mol. The number of carbonyl (C=O) groups is 1. The normalized spacial score (nSPS) is 14.5. The van der Waals surface area contributed by atoms with Crippen molar-refractivity contribution in [1.29, 1.82) is 0 Å². The molecule has 1 saturated heterocycles. The fraction of sp³-hybridized carbons (Fsp3) is 0.368. The van der Waals surface area contributed by atoms with Crippen LogP contribution in [0.15, 0.2) is 30.5 Å². The molecule has 11 heteroatoms. The minimum atomic E-state index is -2.79. The Labute approximate surface area is 176 Å². The Morgan fingerprint density at radius 2 is 2.00 bits per heavy atom. The SMILES string of the molecule is CN(Cc1nc2ccccc2n1C(F)F)C(=O)c1nc(N2CCOCC2)ncc1Cl. The van der Waals surface area contributed by atoms with Crippen molar-refractivity contribution in [2.24, 2.45) is 0 Å². The van der Waals surface area contributed by atoms with E-state index < -0.39 is 12.5 Å². The predicted molar refractivity (Wildman–Crippen MR) is 107 cm³/mol. The Morgan fingerprint density at radius 3 is 2.73 bits per heavy atom. The molecule has 0 radical (unpaired) electrons. The van der Waals surface area contributed by atoms with Crippen molar-refractivity contribution < 1.29 is 18.3 Å². The number of rotatable bonds is 5. The second kappa shape index (κ2) is 8.49. The van der Waals surface area contributed by atoms with Crippen LogP contribution in [0.3, 0.4) is 0 Å². The summed E-state index contributed by atoms with van der Waals surface area (Å²) in [5, 5.41) is 0.0891.